The molecule has 0 saturated carbocycles. The first-order valence-electron chi connectivity index (χ1n) is 9.77. The highest BCUT2D eigenvalue weighted by Gasteiger charge is 2.24. The van der Waals surface area contributed by atoms with Gasteiger partial charge >= 0.3 is 0 Å². The average Bonchev–Trinajstić information content (AvgIpc) is 3.11. The molecule has 0 bridgehead atoms. The minimum atomic E-state index is -0.0294. The molecule has 0 spiro atoms. The lowest BCUT2D eigenvalue weighted by atomic mass is 10.1. The number of morpholine rings is 1. The molecule has 0 unspecified atom stereocenters. The molecule has 2 aromatic carbocycles. The number of hydrogen-bond donors (Lipinski definition) is 0. The molecule has 0 radical (unpaired) electrons. The molecular formula is C22H24BrN3O2S. The van der Waals surface area contributed by atoms with Gasteiger partial charge in [0.1, 0.15) is 0 Å². The maximum Gasteiger partial charge on any atom is 0.261 e. The summed E-state index contributed by atoms with van der Waals surface area (Å²) in [7, 11) is 0. The number of aryl methyl sites for hydroxylation is 2. The van der Waals surface area contributed by atoms with Gasteiger partial charge in [0.05, 0.1) is 29.0 Å². The molecule has 1 aliphatic heterocycles. The number of hydrogen-bond acceptors (Lipinski definition) is 5. The van der Waals surface area contributed by atoms with E-state index in [9.17, 15) is 4.79 Å². The molecule has 2 heterocycles. The van der Waals surface area contributed by atoms with Crippen LogP contribution in [0.15, 0.2) is 40.9 Å². The van der Waals surface area contributed by atoms with E-state index >= 15 is 0 Å². The summed E-state index contributed by atoms with van der Waals surface area (Å²) in [6.07, 6.45) is 0. The van der Waals surface area contributed by atoms with Gasteiger partial charge in [-0.3, -0.25) is 14.6 Å². The molecule has 1 saturated heterocycles. The number of anilines is 1. The number of amides is 1. The van der Waals surface area contributed by atoms with Gasteiger partial charge in [0, 0.05) is 30.7 Å². The maximum atomic E-state index is 13.5. The highest BCUT2D eigenvalue weighted by atomic mass is 79.9. The van der Waals surface area contributed by atoms with Crippen LogP contribution in [-0.2, 0) is 4.74 Å². The van der Waals surface area contributed by atoms with Crippen molar-refractivity contribution in [3.8, 4) is 0 Å². The van der Waals surface area contributed by atoms with Crippen LogP contribution >= 0.6 is 27.3 Å². The third kappa shape index (κ3) is 4.53. The number of aromatic nitrogens is 1. The first kappa shape index (κ1) is 20.5. The third-order valence-corrected chi connectivity index (χ3v) is 7.05. The van der Waals surface area contributed by atoms with Crippen molar-refractivity contribution in [3.63, 3.8) is 0 Å². The van der Waals surface area contributed by atoms with E-state index in [0.717, 1.165) is 52.7 Å². The fraction of sp³-hybridized carbons (Fsp3) is 0.364. The SMILES string of the molecule is Cc1cc2nc(N(CCN3CCOCC3)C(=O)c3ccccc3Br)sc2cc1C. The van der Waals surface area contributed by atoms with Gasteiger partial charge in [0.25, 0.3) is 5.91 Å². The van der Waals surface area contributed by atoms with E-state index in [2.05, 4.69) is 46.8 Å². The standard InChI is InChI=1S/C22H24BrN3O2S/c1-15-13-19-20(14-16(15)2)29-22(24-19)26(8-7-25-9-11-28-12-10-25)21(27)17-5-3-4-6-18(17)23/h3-6,13-14H,7-12H2,1-2H3. The number of nitrogens with zero attached hydrogens (tertiary/aromatic N) is 3. The monoisotopic (exact) mass is 473 g/mol. The summed E-state index contributed by atoms with van der Waals surface area (Å²) in [6.45, 7) is 8.89. The molecular weight excluding hydrogens is 450 g/mol. The van der Waals surface area contributed by atoms with Crippen LogP contribution in [-0.4, -0.2) is 55.2 Å². The van der Waals surface area contributed by atoms with Crippen LogP contribution in [0, 0.1) is 13.8 Å². The van der Waals surface area contributed by atoms with Crippen LogP contribution in [0.2, 0.25) is 0 Å². The predicted octanol–water partition coefficient (Wildman–Crippen LogP) is 4.65. The lowest BCUT2D eigenvalue weighted by Gasteiger charge is -2.29. The maximum absolute atomic E-state index is 13.5. The second kappa shape index (κ2) is 8.92. The van der Waals surface area contributed by atoms with Crippen molar-refractivity contribution in [1.82, 2.24) is 9.88 Å². The van der Waals surface area contributed by atoms with Crippen LogP contribution in [0.4, 0.5) is 5.13 Å². The summed E-state index contributed by atoms with van der Waals surface area (Å²) < 4.78 is 7.36. The van der Waals surface area contributed by atoms with Crippen molar-refractivity contribution < 1.29 is 9.53 Å². The van der Waals surface area contributed by atoms with E-state index in [-0.39, 0.29) is 5.91 Å². The van der Waals surface area contributed by atoms with E-state index in [1.54, 1.807) is 11.3 Å². The minimum Gasteiger partial charge on any atom is -0.379 e. The van der Waals surface area contributed by atoms with Crippen molar-refractivity contribution >= 4 is 48.5 Å². The van der Waals surface area contributed by atoms with Crippen molar-refractivity contribution in [2.24, 2.45) is 0 Å². The lowest BCUT2D eigenvalue weighted by molar-refractivity contribution is 0.0391. The number of carbonyl (C=O) groups is 1. The summed E-state index contributed by atoms with van der Waals surface area (Å²) >= 11 is 5.11. The quantitative estimate of drug-likeness (QED) is 0.540. The van der Waals surface area contributed by atoms with E-state index in [4.69, 9.17) is 9.72 Å². The Kier molecular flexibility index (Phi) is 6.29. The Hall–Kier alpha value is -1.80. The zero-order valence-corrected chi connectivity index (χ0v) is 19.1. The molecule has 0 N–H and O–H groups in total. The third-order valence-electron chi connectivity index (χ3n) is 5.32. The normalized spacial score (nSPS) is 15.0. The summed E-state index contributed by atoms with van der Waals surface area (Å²) in [6, 6.07) is 11.8. The summed E-state index contributed by atoms with van der Waals surface area (Å²) in [5.74, 6) is -0.0294. The predicted molar refractivity (Wildman–Crippen MR) is 122 cm³/mol. The largest absolute Gasteiger partial charge is 0.379 e. The molecule has 29 heavy (non-hydrogen) atoms. The number of rotatable bonds is 5. The number of carbonyl (C=O) groups excluding carboxylic acids is 1. The molecule has 4 rings (SSSR count). The molecule has 152 valence electrons. The first-order valence-corrected chi connectivity index (χ1v) is 11.4. The second-order valence-electron chi connectivity index (χ2n) is 7.29. The van der Waals surface area contributed by atoms with Gasteiger partial charge in [-0.25, -0.2) is 4.98 Å². The molecule has 1 aliphatic rings. The number of fused-ring (bicyclic) bond motifs is 1. The minimum absolute atomic E-state index is 0.0294. The fourth-order valence-electron chi connectivity index (χ4n) is 3.41. The molecule has 1 fully saturated rings. The van der Waals surface area contributed by atoms with Gasteiger partial charge in [0.15, 0.2) is 5.13 Å². The van der Waals surface area contributed by atoms with Crippen LogP contribution < -0.4 is 4.90 Å². The molecule has 1 amide bonds. The first-order chi connectivity index (χ1) is 14.0. The van der Waals surface area contributed by atoms with Gasteiger partial charge in [-0.05, 0) is 65.2 Å². The van der Waals surface area contributed by atoms with Crippen LogP contribution in [0.1, 0.15) is 21.5 Å². The van der Waals surface area contributed by atoms with Crippen molar-refractivity contribution in [2.75, 3.05) is 44.3 Å². The number of halogens is 1. The summed E-state index contributed by atoms with van der Waals surface area (Å²) in [5, 5.41) is 0.749. The number of benzene rings is 2. The number of ether oxygens (including phenoxy) is 1. The highest BCUT2D eigenvalue weighted by Crippen LogP contribution is 2.32. The van der Waals surface area contributed by atoms with E-state index in [0.29, 0.717) is 12.1 Å². The Morgan fingerprint density at radius 1 is 1.21 bits per heavy atom. The van der Waals surface area contributed by atoms with E-state index in [1.807, 2.05) is 29.2 Å². The molecule has 7 heteroatoms. The Morgan fingerprint density at radius 3 is 2.69 bits per heavy atom. The van der Waals surface area contributed by atoms with Crippen molar-refractivity contribution in [3.05, 3.63) is 57.6 Å². The molecule has 0 aliphatic carbocycles. The van der Waals surface area contributed by atoms with Gasteiger partial charge < -0.3 is 4.74 Å². The highest BCUT2D eigenvalue weighted by molar-refractivity contribution is 9.10. The van der Waals surface area contributed by atoms with Gasteiger partial charge in [-0.2, -0.15) is 0 Å². The summed E-state index contributed by atoms with van der Waals surface area (Å²) in [5.41, 5.74) is 4.06. The van der Waals surface area contributed by atoms with Gasteiger partial charge in [-0.15, -0.1) is 0 Å². The van der Waals surface area contributed by atoms with Gasteiger partial charge in [0.2, 0.25) is 0 Å². The van der Waals surface area contributed by atoms with Crippen LogP contribution in [0.5, 0.6) is 0 Å². The molecule has 1 aromatic heterocycles. The van der Waals surface area contributed by atoms with E-state index < -0.39 is 0 Å². The van der Waals surface area contributed by atoms with Crippen molar-refractivity contribution in [1.29, 1.82) is 0 Å². The zero-order valence-electron chi connectivity index (χ0n) is 16.7. The van der Waals surface area contributed by atoms with Gasteiger partial charge in [-0.1, -0.05) is 23.5 Å². The van der Waals surface area contributed by atoms with Crippen LogP contribution in [0.25, 0.3) is 10.2 Å². The Morgan fingerprint density at radius 2 is 1.93 bits per heavy atom. The fourth-order valence-corrected chi connectivity index (χ4v) is 4.94. The Bertz CT molecular complexity index is 991. The van der Waals surface area contributed by atoms with Crippen molar-refractivity contribution in [2.45, 2.75) is 13.8 Å². The lowest BCUT2D eigenvalue weighted by Crippen LogP contribution is -2.43. The van der Waals surface area contributed by atoms with Crippen LogP contribution in [0.3, 0.4) is 0 Å². The smallest absolute Gasteiger partial charge is 0.261 e. The Labute approximate surface area is 183 Å². The molecule has 5 nitrogen and oxygen atoms in total. The second-order valence-corrected chi connectivity index (χ2v) is 9.15. The zero-order chi connectivity index (χ0) is 20.4. The average molecular weight is 474 g/mol. The number of thiazole rings is 1. The summed E-state index contributed by atoms with van der Waals surface area (Å²) in [4.78, 5) is 22.5. The van der Waals surface area contributed by atoms with E-state index in [1.165, 1.54) is 11.1 Å². The molecule has 3 aromatic rings. The topological polar surface area (TPSA) is 45.7 Å². The molecule has 0 atom stereocenters. The Balaban J connectivity index is 1.67.